The summed E-state index contributed by atoms with van der Waals surface area (Å²) in [5.41, 5.74) is 9.16. The number of nitrogens with two attached hydrogens (primary N) is 1. The van der Waals surface area contributed by atoms with Crippen molar-refractivity contribution in [2.45, 2.75) is 180 Å². The van der Waals surface area contributed by atoms with Gasteiger partial charge >= 0.3 is 7.82 Å². The number of fused-ring (bicyclic) bond motifs is 2. The van der Waals surface area contributed by atoms with Crippen LogP contribution in [0.4, 0.5) is 5.82 Å². The number of halogens is 2. The van der Waals surface area contributed by atoms with Gasteiger partial charge < -0.3 is 24.5 Å². The first-order valence-corrected chi connectivity index (χ1v) is 25.6. The van der Waals surface area contributed by atoms with Gasteiger partial charge in [-0.3, -0.25) is 9.05 Å². The zero-order chi connectivity index (χ0) is 44.9. The summed E-state index contributed by atoms with van der Waals surface area (Å²) in [4.78, 5) is 4.16. The molecule has 2 N–H and O–H groups in total. The number of aromatic nitrogens is 3. The van der Waals surface area contributed by atoms with E-state index < -0.39 is 31.2 Å². The van der Waals surface area contributed by atoms with Gasteiger partial charge in [0.25, 0.3) is 0 Å². The van der Waals surface area contributed by atoms with Crippen LogP contribution in [0.5, 0.6) is 5.75 Å². The van der Waals surface area contributed by atoms with Gasteiger partial charge in [0, 0.05) is 22.0 Å². The molecule has 1 saturated heterocycles. The lowest BCUT2D eigenvalue weighted by molar-refractivity contribution is -0.168. The smallest absolute Gasteiger partial charge is 0.402 e. The van der Waals surface area contributed by atoms with Gasteiger partial charge in [-0.1, -0.05) is 152 Å². The van der Waals surface area contributed by atoms with E-state index in [4.69, 9.17) is 56.7 Å². The second kappa shape index (κ2) is 23.6. The third kappa shape index (κ3) is 14.4. The predicted octanol–water partition coefficient (Wildman–Crippen LogP) is 14.0. The van der Waals surface area contributed by atoms with Gasteiger partial charge in [0.15, 0.2) is 11.6 Å². The minimum absolute atomic E-state index is 0.0152. The van der Waals surface area contributed by atoms with E-state index in [-0.39, 0.29) is 36.0 Å². The lowest BCUT2D eigenvalue weighted by Gasteiger charge is -2.32. The van der Waals surface area contributed by atoms with Crippen LogP contribution in [-0.4, -0.2) is 51.9 Å². The summed E-state index contributed by atoms with van der Waals surface area (Å²) < 4.78 is 55.2. The molecule has 6 atom stereocenters. The molecule has 0 bridgehead atoms. The normalized spacial score (nSPS) is 22.0. The Morgan fingerprint density at radius 1 is 0.873 bits per heavy atom. The maximum atomic E-state index is 15.0. The monoisotopic (exact) mass is 928 g/mol. The van der Waals surface area contributed by atoms with E-state index in [0.29, 0.717) is 35.8 Å². The molecular formula is C49H71Cl2N4O7P. The van der Waals surface area contributed by atoms with Gasteiger partial charge in [0.1, 0.15) is 17.6 Å². The third-order valence-electron chi connectivity index (χ3n) is 12.5. The molecular weight excluding hydrogens is 858 g/mol. The molecule has 1 aliphatic heterocycles. The number of ether oxygens (including phenoxy) is 3. The Morgan fingerprint density at radius 3 is 2.21 bits per heavy atom. The van der Waals surface area contributed by atoms with Gasteiger partial charge in [-0.05, 0) is 81.1 Å². The zero-order valence-electron chi connectivity index (χ0n) is 38.2. The molecule has 2 aromatic heterocycles. The fraction of sp³-hybridized carbons (Fsp3) is 0.633. The number of nitrogens with zero attached hydrogens (tertiary/aromatic N) is 3. The fourth-order valence-electron chi connectivity index (χ4n) is 9.22. The quantitative estimate of drug-likeness (QED) is 0.0434. The van der Waals surface area contributed by atoms with Crippen molar-refractivity contribution >= 4 is 42.4 Å². The van der Waals surface area contributed by atoms with E-state index in [9.17, 15) is 4.57 Å². The largest absolute Gasteiger partial charge is 0.530 e. The number of benzene rings is 2. The summed E-state index contributed by atoms with van der Waals surface area (Å²) in [6.07, 6.45) is 20.9. The Balaban J connectivity index is 1.09. The summed E-state index contributed by atoms with van der Waals surface area (Å²) >= 11 is 13.0. The van der Waals surface area contributed by atoms with Crippen LogP contribution in [0.15, 0.2) is 60.9 Å². The summed E-state index contributed by atoms with van der Waals surface area (Å²) in [6.45, 7) is 10.4. The average Bonchev–Trinajstić information content (AvgIpc) is 3.90. The van der Waals surface area contributed by atoms with Crippen molar-refractivity contribution in [3.8, 4) is 5.75 Å². The van der Waals surface area contributed by atoms with Crippen LogP contribution in [-0.2, 0) is 34.4 Å². The molecule has 0 radical (unpaired) electrons. The molecule has 2 aliphatic rings. The van der Waals surface area contributed by atoms with E-state index in [0.717, 1.165) is 29.7 Å². The Labute approximate surface area is 386 Å². The maximum Gasteiger partial charge on any atom is 0.530 e. The molecule has 0 amide bonds. The second-order valence-corrected chi connectivity index (χ2v) is 21.0. The number of para-hydroxylation sites is 1. The Morgan fingerprint density at radius 2 is 1.54 bits per heavy atom. The van der Waals surface area contributed by atoms with E-state index in [1.807, 2.05) is 49.6 Å². The third-order valence-corrected chi connectivity index (χ3v) is 14.4. The van der Waals surface area contributed by atoms with Crippen molar-refractivity contribution in [2.75, 3.05) is 18.9 Å². The summed E-state index contributed by atoms with van der Waals surface area (Å²) in [5, 5.41) is 5.46. The number of rotatable bonds is 28. The number of aryl methyl sites for hydroxylation is 1. The highest BCUT2D eigenvalue weighted by Crippen LogP contribution is 2.58. The molecule has 2 fully saturated rings. The fourth-order valence-corrected chi connectivity index (χ4v) is 11.1. The second-order valence-electron chi connectivity index (χ2n) is 18.5. The molecule has 11 nitrogen and oxygen atoms in total. The van der Waals surface area contributed by atoms with Gasteiger partial charge in [-0.15, -0.1) is 0 Å². The van der Waals surface area contributed by atoms with Crippen LogP contribution < -0.4 is 10.3 Å². The molecule has 0 spiro atoms. The lowest BCUT2D eigenvalue weighted by atomic mass is 9.86. The first-order chi connectivity index (χ1) is 30.3. The van der Waals surface area contributed by atoms with Crippen molar-refractivity contribution in [1.29, 1.82) is 0 Å². The van der Waals surface area contributed by atoms with E-state index in [2.05, 4.69) is 30.0 Å². The van der Waals surface area contributed by atoms with Crippen LogP contribution in [0.1, 0.15) is 160 Å². The number of nitrogen functional groups attached to an aromatic ring is 1. The first kappa shape index (κ1) is 49.7. The number of unbranched alkanes of at least 4 members (excludes halogenated alkanes) is 14. The molecule has 1 saturated carbocycles. The van der Waals surface area contributed by atoms with Crippen molar-refractivity contribution < 1.29 is 32.3 Å². The topological polar surface area (TPSA) is 129 Å². The highest BCUT2D eigenvalue weighted by molar-refractivity contribution is 7.48. The lowest BCUT2D eigenvalue weighted by Crippen LogP contribution is -2.37. The SMILES string of the molecule is CCCCCCCCCCCCCCCCC[C@H](COP(=O)(OC[C@@]1(C)C[C@@H](c2ccc3c(N)ncnn23)[C@@H]2OC(C)(C)O[C@@H]21)Oc1ccccc1Cl)OCc1cc(C)cc(Cl)c1. The van der Waals surface area contributed by atoms with Crippen molar-refractivity contribution in [3.63, 3.8) is 0 Å². The highest BCUT2D eigenvalue weighted by atomic mass is 35.5. The molecule has 348 valence electrons. The predicted molar refractivity (Wildman–Crippen MR) is 253 cm³/mol. The van der Waals surface area contributed by atoms with Gasteiger partial charge in [-0.25, -0.2) is 14.1 Å². The van der Waals surface area contributed by atoms with Crippen LogP contribution in [0.3, 0.4) is 0 Å². The number of phosphoric acid groups is 1. The molecule has 4 aromatic rings. The standard InChI is InChI=1S/C49H71Cl2N4O7P/c1-6-7-8-9-10-11-12-13-14-15-16-17-18-19-20-23-39(57-32-37-28-36(2)29-38(50)30-37)33-58-63(56,62-44-25-22-21-24-41(44)51)59-34-49(5)31-40(45-46(49)61-48(3,4)60-45)42-26-27-43-47(52)53-35-54-55(42)43/h21-22,24-30,35,39-40,45-46H,6-20,23,31-34H2,1-5H3,(H2,52,53,54)/t39-,40+,45+,46+,49-,63?/m1/s1. The van der Waals surface area contributed by atoms with Gasteiger partial charge in [0.2, 0.25) is 0 Å². The van der Waals surface area contributed by atoms with E-state index in [1.54, 1.807) is 24.3 Å². The number of phosphoric ester groups is 1. The van der Waals surface area contributed by atoms with Gasteiger partial charge in [0.05, 0.1) is 43.2 Å². The van der Waals surface area contributed by atoms with Crippen LogP contribution in [0, 0.1) is 12.3 Å². The molecule has 3 heterocycles. The average molecular weight is 930 g/mol. The van der Waals surface area contributed by atoms with Gasteiger partial charge in [-0.2, -0.15) is 5.10 Å². The molecule has 2 aromatic carbocycles. The molecule has 14 heteroatoms. The Kier molecular flexibility index (Phi) is 18.6. The van der Waals surface area contributed by atoms with Crippen LogP contribution >= 0.6 is 31.0 Å². The first-order valence-electron chi connectivity index (χ1n) is 23.4. The van der Waals surface area contributed by atoms with Crippen LogP contribution in [0.2, 0.25) is 10.0 Å². The molecule has 1 unspecified atom stereocenters. The van der Waals surface area contributed by atoms with E-state index >= 15 is 0 Å². The van der Waals surface area contributed by atoms with Crippen LogP contribution in [0.25, 0.3) is 5.52 Å². The summed E-state index contributed by atoms with van der Waals surface area (Å²) in [5.74, 6) is -0.415. The summed E-state index contributed by atoms with van der Waals surface area (Å²) in [6, 6.07) is 16.7. The minimum Gasteiger partial charge on any atom is -0.402 e. The Hall–Kier alpha value is -2.73. The minimum atomic E-state index is -4.32. The highest BCUT2D eigenvalue weighted by Gasteiger charge is 2.61. The number of hydrogen-bond donors (Lipinski definition) is 1. The molecule has 1 aliphatic carbocycles. The number of anilines is 1. The maximum absolute atomic E-state index is 15.0. The molecule has 6 rings (SSSR count). The van der Waals surface area contributed by atoms with Crippen molar-refractivity contribution in [3.05, 3.63) is 87.8 Å². The van der Waals surface area contributed by atoms with E-state index in [1.165, 1.54) is 89.8 Å². The number of hydrogen-bond acceptors (Lipinski definition) is 10. The van der Waals surface area contributed by atoms with Crippen molar-refractivity contribution in [2.24, 2.45) is 5.41 Å². The molecule has 63 heavy (non-hydrogen) atoms. The Bertz CT molecular complexity index is 2070. The summed E-state index contributed by atoms with van der Waals surface area (Å²) in [7, 11) is -4.32. The zero-order valence-corrected chi connectivity index (χ0v) is 40.6. The van der Waals surface area contributed by atoms with Crippen molar-refractivity contribution in [1.82, 2.24) is 14.6 Å².